The van der Waals surface area contributed by atoms with Gasteiger partial charge in [0.05, 0.1) is 18.6 Å². The second-order valence-electron chi connectivity index (χ2n) is 3.40. The van der Waals surface area contributed by atoms with Gasteiger partial charge in [0.25, 0.3) is 5.91 Å². The van der Waals surface area contributed by atoms with E-state index in [4.69, 9.17) is 10.2 Å². The van der Waals surface area contributed by atoms with Crippen LogP contribution in [0.15, 0.2) is 24.5 Å². The van der Waals surface area contributed by atoms with Gasteiger partial charge in [-0.15, -0.1) is 0 Å². The number of carboxylic acid groups (broad SMARTS) is 1. The van der Waals surface area contributed by atoms with Gasteiger partial charge in [0, 0.05) is 25.5 Å². The lowest BCUT2D eigenvalue weighted by Gasteiger charge is -2.20. The van der Waals surface area contributed by atoms with Gasteiger partial charge in [-0.3, -0.25) is 14.6 Å². The molecule has 92 valence electrons. The number of aliphatic carboxylic acids is 1. The maximum Gasteiger partial charge on any atom is 0.305 e. The molecule has 0 fully saturated rings. The normalized spacial score (nSPS) is 9.94. The highest BCUT2D eigenvalue weighted by molar-refractivity contribution is 5.94. The first-order valence-corrected chi connectivity index (χ1v) is 5.17. The van der Waals surface area contributed by atoms with Crippen molar-refractivity contribution in [2.75, 3.05) is 19.7 Å². The predicted molar refractivity (Wildman–Crippen MR) is 59.5 cm³/mol. The van der Waals surface area contributed by atoms with Crippen LogP contribution in [0, 0.1) is 0 Å². The minimum atomic E-state index is -0.980. The summed E-state index contributed by atoms with van der Waals surface area (Å²) in [6, 6.07) is 3.22. The smallest absolute Gasteiger partial charge is 0.305 e. The summed E-state index contributed by atoms with van der Waals surface area (Å²) in [5.41, 5.74) is 0.381. The van der Waals surface area contributed by atoms with Crippen molar-refractivity contribution >= 4 is 11.9 Å². The lowest BCUT2D eigenvalue weighted by molar-refractivity contribution is -0.137. The van der Waals surface area contributed by atoms with E-state index in [0.29, 0.717) is 5.56 Å². The molecule has 6 nitrogen and oxygen atoms in total. The Bertz CT molecular complexity index is 380. The highest BCUT2D eigenvalue weighted by Gasteiger charge is 2.16. The van der Waals surface area contributed by atoms with E-state index in [1.54, 1.807) is 18.3 Å². The van der Waals surface area contributed by atoms with E-state index in [2.05, 4.69) is 4.98 Å². The minimum absolute atomic E-state index is 0.0730. The van der Waals surface area contributed by atoms with Crippen molar-refractivity contribution in [3.63, 3.8) is 0 Å². The number of aliphatic hydroxyl groups excluding tert-OH is 1. The van der Waals surface area contributed by atoms with Crippen LogP contribution in [0.3, 0.4) is 0 Å². The molecule has 0 aliphatic rings. The second-order valence-corrected chi connectivity index (χ2v) is 3.40. The van der Waals surface area contributed by atoms with Crippen LogP contribution >= 0.6 is 0 Å². The minimum Gasteiger partial charge on any atom is -0.481 e. The molecule has 0 aliphatic heterocycles. The Morgan fingerprint density at radius 2 is 2.12 bits per heavy atom. The maximum atomic E-state index is 11.9. The summed E-state index contributed by atoms with van der Waals surface area (Å²) in [6.07, 6.45) is 2.81. The number of hydrogen-bond acceptors (Lipinski definition) is 4. The average molecular weight is 238 g/mol. The number of nitrogens with zero attached hydrogens (tertiary/aromatic N) is 2. The fraction of sp³-hybridized carbons (Fsp3) is 0.364. The summed E-state index contributed by atoms with van der Waals surface area (Å²) in [5.74, 6) is -1.31. The zero-order chi connectivity index (χ0) is 12.7. The third-order valence-corrected chi connectivity index (χ3v) is 2.16. The fourth-order valence-electron chi connectivity index (χ4n) is 1.34. The number of aliphatic hydroxyl groups is 1. The van der Waals surface area contributed by atoms with Crippen molar-refractivity contribution in [2.45, 2.75) is 6.42 Å². The van der Waals surface area contributed by atoms with Crippen LogP contribution in [0.1, 0.15) is 16.8 Å². The van der Waals surface area contributed by atoms with Crippen molar-refractivity contribution in [3.8, 4) is 0 Å². The van der Waals surface area contributed by atoms with E-state index >= 15 is 0 Å². The number of carbonyl (C=O) groups excluding carboxylic acids is 1. The number of rotatable bonds is 6. The van der Waals surface area contributed by atoms with Crippen LogP contribution in [0.5, 0.6) is 0 Å². The average Bonchev–Trinajstić information content (AvgIpc) is 2.34. The van der Waals surface area contributed by atoms with Crippen LogP contribution < -0.4 is 0 Å². The molecule has 0 saturated carbocycles. The SMILES string of the molecule is O=C(O)CCN(CCO)C(=O)c1cccnc1. The highest BCUT2D eigenvalue weighted by atomic mass is 16.4. The Labute approximate surface area is 98.5 Å². The van der Waals surface area contributed by atoms with E-state index in [9.17, 15) is 9.59 Å². The van der Waals surface area contributed by atoms with Gasteiger partial charge in [-0.1, -0.05) is 0 Å². The van der Waals surface area contributed by atoms with Crippen LogP contribution in [0.2, 0.25) is 0 Å². The standard InChI is InChI=1S/C11H14N2O4/c14-7-6-13(5-3-10(15)16)11(17)9-2-1-4-12-8-9/h1-2,4,8,14H,3,5-7H2,(H,15,16). The molecule has 2 N–H and O–H groups in total. The molecule has 1 heterocycles. The van der Waals surface area contributed by atoms with Crippen LogP contribution in [0.25, 0.3) is 0 Å². The van der Waals surface area contributed by atoms with Crippen LogP contribution in [-0.2, 0) is 4.79 Å². The number of pyridine rings is 1. The molecule has 0 spiro atoms. The number of aromatic nitrogens is 1. The summed E-state index contributed by atoms with van der Waals surface area (Å²) < 4.78 is 0. The van der Waals surface area contributed by atoms with E-state index in [1.807, 2.05) is 0 Å². The molecule has 17 heavy (non-hydrogen) atoms. The van der Waals surface area contributed by atoms with Crippen LogP contribution in [-0.4, -0.2) is 51.7 Å². The van der Waals surface area contributed by atoms with Gasteiger partial charge < -0.3 is 15.1 Å². The largest absolute Gasteiger partial charge is 0.481 e. The lowest BCUT2D eigenvalue weighted by atomic mass is 10.2. The molecule has 0 aliphatic carbocycles. The van der Waals surface area contributed by atoms with Crippen LogP contribution in [0.4, 0.5) is 0 Å². The van der Waals surface area contributed by atoms with E-state index in [-0.39, 0.29) is 32.0 Å². The van der Waals surface area contributed by atoms with Crippen molar-refractivity contribution in [1.82, 2.24) is 9.88 Å². The first kappa shape index (κ1) is 13.1. The molecule has 0 radical (unpaired) electrons. The highest BCUT2D eigenvalue weighted by Crippen LogP contribution is 2.03. The van der Waals surface area contributed by atoms with Crippen molar-refractivity contribution in [2.24, 2.45) is 0 Å². The summed E-state index contributed by atoms with van der Waals surface area (Å²) in [4.78, 5) is 27.5. The topological polar surface area (TPSA) is 90.7 Å². The van der Waals surface area contributed by atoms with Gasteiger partial charge in [0.2, 0.25) is 0 Å². The third kappa shape index (κ3) is 4.20. The molecule has 0 atom stereocenters. The Balaban J connectivity index is 2.69. The summed E-state index contributed by atoms with van der Waals surface area (Å²) in [5, 5.41) is 17.4. The van der Waals surface area contributed by atoms with Crippen molar-refractivity contribution in [3.05, 3.63) is 30.1 Å². The zero-order valence-corrected chi connectivity index (χ0v) is 9.24. The van der Waals surface area contributed by atoms with Gasteiger partial charge in [0.1, 0.15) is 0 Å². The molecule has 1 amide bonds. The Morgan fingerprint density at radius 1 is 1.35 bits per heavy atom. The third-order valence-electron chi connectivity index (χ3n) is 2.16. The van der Waals surface area contributed by atoms with Gasteiger partial charge in [-0.25, -0.2) is 0 Å². The first-order chi connectivity index (χ1) is 8.15. The zero-order valence-electron chi connectivity index (χ0n) is 9.24. The molecule has 0 saturated heterocycles. The van der Waals surface area contributed by atoms with E-state index < -0.39 is 5.97 Å². The van der Waals surface area contributed by atoms with E-state index in [1.165, 1.54) is 11.1 Å². The van der Waals surface area contributed by atoms with Gasteiger partial charge in [0.15, 0.2) is 0 Å². The molecule has 6 heteroatoms. The Hall–Kier alpha value is -1.95. The Kier molecular flexibility index (Phi) is 5.09. The monoisotopic (exact) mass is 238 g/mol. The molecular weight excluding hydrogens is 224 g/mol. The number of carboxylic acids is 1. The molecule has 0 unspecified atom stereocenters. The first-order valence-electron chi connectivity index (χ1n) is 5.17. The van der Waals surface area contributed by atoms with Gasteiger partial charge in [-0.05, 0) is 12.1 Å². The van der Waals surface area contributed by atoms with Gasteiger partial charge in [-0.2, -0.15) is 0 Å². The van der Waals surface area contributed by atoms with Gasteiger partial charge >= 0.3 is 5.97 Å². The number of hydrogen-bond donors (Lipinski definition) is 2. The van der Waals surface area contributed by atoms with E-state index in [0.717, 1.165) is 0 Å². The fourth-order valence-corrected chi connectivity index (χ4v) is 1.34. The maximum absolute atomic E-state index is 11.9. The number of carbonyl (C=O) groups is 2. The second kappa shape index (κ2) is 6.59. The van der Waals surface area contributed by atoms with Crippen molar-refractivity contribution in [1.29, 1.82) is 0 Å². The molecule has 1 aromatic heterocycles. The molecular formula is C11H14N2O4. The molecule has 0 aromatic carbocycles. The lowest BCUT2D eigenvalue weighted by Crippen LogP contribution is -2.35. The Morgan fingerprint density at radius 3 is 2.65 bits per heavy atom. The summed E-state index contributed by atoms with van der Waals surface area (Å²) in [7, 11) is 0. The predicted octanol–water partition coefficient (Wildman–Crippen LogP) is -0.00920. The quantitative estimate of drug-likeness (QED) is 0.727. The summed E-state index contributed by atoms with van der Waals surface area (Å²) >= 11 is 0. The number of amides is 1. The molecule has 1 rings (SSSR count). The molecule has 1 aromatic rings. The summed E-state index contributed by atoms with van der Waals surface area (Å²) in [6.45, 7) is -0.0176. The van der Waals surface area contributed by atoms with Crippen molar-refractivity contribution < 1.29 is 19.8 Å². The molecule has 0 bridgehead atoms.